The van der Waals surface area contributed by atoms with E-state index < -0.39 is 0 Å². The van der Waals surface area contributed by atoms with Crippen LogP contribution in [0.4, 0.5) is 0 Å². The zero-order valence-electron chi connectivity index (χ0n) is 13.7. The molecule has 22 heavy (non-hydrogen) atoms. The summed E-state index contributed by atoms with van der Waals surface area (Å²) in [6.07, 6.45) is 2.26. The lowest BCUT2D eigenvalue weighted by atomic mass is 10.1. The normalized spacial score (nSPS) is 11.0. The molecule has 3 nitrogen and oxygen atoms in total. The standard InChI is InChI=1S/C18H23NO2S/c1-5-14(6-2)11-21-16-9-7-8-15(10-16)18-19-12(3)17(22-18)13(4)20/h7-10,14H,5-6,11H2,1-4H3. The maximum absolute atomic E-state index is 11.6. The minimum absolute atomic E-state index is 0.0717. The number of thiazole rings is 1. The zero-order valence-corrected chi connectivity index (χ0v) is 14.5. The molecule has 1 aromatic carbocycles. The van der Waals surface area contributed by atoms with Gasteiger partial charge in [-0.3, -0.25) is 4.79 Å². The first-order valence-electron chi connectivity index (χ1n) is 7.76. The number of aryl methyl sites for hydroxylation is 1. The van der Waals surface area contributed by atoms with Crippen molar-refractivity contribution in [1.29, 1.82) is 0 Å². The van der Waals surface area contributed by atoms with Crippen molar-refractivity contribution in [3.63, 3.8) is 0 Å². The Labute approximate surface area is 136 Å². The van der Waals surface area contributed by atoms with Gasteiger partial charge in [0.2, 0.25) is 0 Å². The largest absolute Gasteiger partial charge is 0.493 e. The number of carbonyl (C=O) groups excluding carboxylic acids is 1. The van der Waals surface area contributed by atoms with Gasteiger partial charge in [-0.25, -0.2) is 4.98 Å². The summed E-state index contributed by atoms with van der Waals surface area (Å²) in [6.45, 7) is 8.58. The topological polar surface area (TPSA) is 39.2 Å². The fraction of sp³-hybridized carbons (Fsp3) is 0.444. The Morgan fingerprint density at radius 2 is 2.05 bits per heavy atom. The maximum Gasteiger partial charge on any atom is 0.171 e. The molecule has 0 N–H and O–H groups in total. The average Bonchev–Trinajstić information content (AvgIpc) is 2.91. The van der Waals surface area contributed by atoms with Crippen molar-refractivity contribution in [2.75, 3.05) is 6.61 Å². The number of hydrogen-bond acceptors (Lipinski definition) is 4. The van der Waals surface area contributed by atoms with E-state index in [0.29, 0.717) is 5.92 Å². The van der Waals surface area contributed by atoms with E-state index in [2.05, 4.69) is 18.8 Å². The molecule has 0 saturated carbocycles. The molecule has 0 aliphatic rings. The van der Waals surface area contributed by atoms with Gasteiger partial charge < -0.3 is 4.74 Å². The van der Waals surface area contributed by atoms with Crippen LogP contribution in [-0.4, -0.2) is 17.4 Å². The van der Waals surface area contributed by atoms with Crippen molar-refractivity contribution in [3.8, 4) is 16.3 Å². The summed E-state index contributed by atoms with van der Waals surface area (Å²) in [4.78, 5) is 16.8. The number of rotatable bonds is 7. The lowest BCUT2D eigenvalue weighted by molar-refractivity contribution is 0.102. The molecule has 0 amide bonds. The molecule has 0 spiro atoms. The van der Waals surface area contributed by atoms with Crippen molar-refractivity contribution in [1.82, 2.24) is 4.98 Å². The van der Waals surface area contributed by atoms with Gasteiger partial charge in [0.1, 0.15) is 10.8 Å². The van der Waals surface area contributed by atoms with Crippen molar-refractivity contribution < 1.29 is 9.53 Å². The second-order valence-corrected chi connectivity index (χ2v) is 6.51. The SMILES string of the molecule is CCC(CC)COc1cccc(-c2nc(C)c(C(C)=O)s2)c1. The average molecular weight is 317 g/mol. The predicted octanol–water partition coefficient (Wildman–Crippen LogP) is 5.14. The summed E-state index contributed by atoms with van der Waals surface area (Å²) in [5.74, 6) is 1.53. The third kappa shape index (κ3) is 3.95. The molecule has 1 aromatic heterocycles. The Balaban J connectivity index is 2.17. The number of benzene rings is 1. The van der Waals surface area contributed by atoms with E-state index in [1.54, 1.807) is 6.92 Å². The molecule has 0 atom stereocenters. The second kappa shape index (κ2) is 7.54. The summed E-state index contributed by atoms with van der Waals surface area (Å²) >= 11 is 1.45. The first-order valence-corrected chi connectivity index (χ1v) is 8.58. The number of hydrogen-bond donors (Lipinski definition) is 0. The van der Waals surface area contributed by atoms with E-state index in [0.717, 1.165) is 46.3 Å². The maximum atomic E-state index is 11.6. The van der Waals surface area contributed by atoms with Crippen LogP contribution in [-0.2, 0) is 0 Å². The van der Waals surface area contributed by atoms with Gasteiger partial charge in [-0.1, -0.05) is 38.8 Å². The van der Waals surface area contributed by atoms with Crippen LogP contribution < -0.4 is 4.74 Å². The minimum atomic E-state index is 0.0717. The Hall–Kier alpha value is -1.68. The smallest absolute Gasteiger partial charge is 0.171 e. The van der Waals surface area contributed by atoms with Crippen LogP contribution in [0.3, 0.4) is 0 Å². The van der Waals surface area contributed by atoms with Crippen molar-refractivity contribution in [3.05, 3.63) is 34.8 Å². The number of ketones is 1. The van der Waals surface area contributed by atoms with E-state index in [-0.39, 0.29) is 5.78 Å². The molecule has 0 bridgehead atoms. The molecule has 0 fully saturated rings. The molecule has 2 aromatic rings. The highest BCUT2D eigenvalue weighted by Crippen LogP contribution is 2.30. The van der Waals surface area contributed by atoms with Gasteiger partial charge in [0.25, 0.3) is 0 Å². The highest BCUT2D eigenvalue weighted by atomic mass is 32.1. The highest BCUT2D eigenvalue weighted by molar-refractivity contribution is 7.17. The van der Waals surface area contributed by atoms with Crippen molar-refractivity contribution in [2.24, 2.45) is 5.92 Å². The Bertz CT molecular complexity index is 644. The first-order chi connectivity index (χ1) is 10.5. The molecule has 2 rings (SSSR count). The molecular formula is C18H23NO2S. The second-order valence-electron chi connectivity index (χ2n) is 5.51. The molecular weight excluding hydrogens is 294 g/mol. The predicted molar refractivity (Wildman–Crippen MR) is 91.9 cm³/mol. The monoisotopic (exact) mass is 317 g/mol. The van der Waals surface area contributed by atoms with Gasteiger partial charge in [0.05, 0.1) is 17.2 Å². The van der Waals surface area contributed by atoms with Crippen LogP contribution in [0.2, 0.25) is 0 Å². The van der Waals surface area contributed by atoms with E-state index in [1.165, 1.54) is 11.3 Å². The van der Waals surface area contributed by atoms with Crippen LogP contribution in [0, 0.1) is 12.8 Å². The lowest BCUT2D eigenvalue weighted by Crippen LogP contribution is -2.09. The van der Waals surface area contributed by atoms with Crippen LogP contribution in [0.5, 0.6) is 5.75 Å². The van der Waals surface area contributed by atoms with Crippen LogP contribution in [0.15, 0.2) is 24.3 Å². The third-order valence-electron chi connectivity index (χ3n) is 3.84. The number of nitrogens with zero attached hydrogens (tertiary/aromatic N) is 1. The van der Waals surface area contributed by atoms with Crippen LogP contribution in [0.25, 0.3) is 10.6 Å². The van der Waals surface area contributed by atoms with Gasteiger partial charge in [-0.2, -0.15) is 0 Å². The Morgan fingerprint density at radius 1 is 1.32 bits per heavy atom. The zero-order chi connectivity index (χ0) is 16.1. The van der Waals surface area contributed by atoms with E-state index in [9.17, 15) is 4.79 Å². The van der Waals surface area contributed by atoms with Crippen molar-refractivity contribution >= 4 is 17.1 Å². The fourth-order valence-electron chi connectivity index (χ4n) is 2.30. The molecule has 0 unspecified atom stereocenters. The molecule has 1 heterocycles. The number of carbonyl (C=O) groups is 1. The summed E-state index contributed by atoms with van der Waals surface area (Å²) in [5, 5.41) is 0.871. The quantitative estimate of drug-likeness (QED) is 0.664. The van der Waals surface area contributed by atoms with Crippen molar-refractivity contribution in [2.45, 2.75) is 40.5 Å². The first kappa shape index (κ1) is 16.7. The molecule has 4 heteroatoms. The summed E-state index contributed by atoms with van der Waals surface area (Å²) in [7, 11) is 0. The highest BCUT2D eigenvalue weighted by Gasteiger charge is 2.13. The molecule has 0 aliphatic heterocycles. The number of aromatic nitrogens is 1. The van der Waals surface area contributed by atoms with Gasteiger partial charge >= 0.3 is 0 Å². The van der Waals surface area contributed by atoms with E-state index >= 15 is 0 Å². The van der Waals surface area contributed by atoms with Gasteiger partial charge in [-0.15, -0.1) is 11.3 Å². The summed E-state index contributed by atoms with van der Waals surface area (Å²) in [5.41, 5.74) is 1.80. The van der Waals surface area contributed by atoms with E-state index in [4.69, 9.17) is 4.74 Å². The van der Waals surface area contributed by atoms with Gasteiger partial charge in [0, 0.05) is 12.5 Å². The molecule has 0 radical (unpaired) electrons. The number of ether oxygens (including phenoxy) is 1. The minimum Gasteiger partial charge on any atom is -0.493 e. The van der Waals surface area contributed by atoms with Crippen LogP contribution >= 0.6 is 11.3 Å². The lowest BCUT2D eigenvalue weighted by Gasteiger charge is -2.14. The molecule has 0 saturated heterocycles. The van der Waals surface area contributed by atoms with Gasteiger partial charge in [0.15, 0.2) is 5.78 Å². The van der Waals surface area contributed by atoms with E-state index in [1.807, 2.05) is 31.2 Å². The van der Waals surface area contributed by atoms with Gasteiger partial charge in [-0.05, 0) is 25.0 Å². The Morgan fingerprint density at radius 3 is 2.64 bits per heavy atom. The number of Topliss-reactive ketones (excluding diaryl/α,β-unsaturated/α-hetero) is 1. The molecule has 0 aliphatic carbocycles. The Kier molecular flexibility index (Phi) is 5.72. The summed E-state index contributed by atoms with van der Waals surface area (Å²) < 4.78 is 5.91. The molecule has 118 valence electrons. The summed E-state index contributed by atoms with van der Waals surface area (Å²) in [6, 6.07) is 7.96. The fourth-order valence-corrected chi connectivity index (χ4v) is 3.26. The third-order valence-corrected chi connectivity index (χ3v) is 5.15. The van der Waals surface area contributed by atoms with Crippen LogP contribution in [0.1, 0.15) is 49.0 Å².